The van der Waals surface area contributed by atoms with Crippen molar-refractivity contribution in [2.45, 2.75) is 13.3 Å². The fraction of sp³-hybridized carbons (Fsp3) is 0.118. The minimum atomic E-state index is 0.799. The van der Waals surface area contributed by atoms with Gasteiger partial charge in [0.15, 0.2) is 5.65 Å². The molecule has 0 aliphatic rings. The molecule has 0 spiro atoms. The maximum absolute atomic E-state index is 4.74. The highest BCUT2D eigenvalue weighted by atomic mass is 15.3. The lowest BCUT2D eigenvalue weighted by Crippen LogP contribution is -1.95. The van der Waals surface area contributed by atoms with Crippen molar-refractivity contribution in [3.63, 3.8) is 0 Å². The van der Waals surface area contributed by atoms with Gasteiger partial charge in [0.05, 0.1) is 5.52 Å². The molecule has 0 fully saturated rings. The van der Waals surface area contributed by atoms with E-state index in [2.05, 4.69) is 53.4 Å². The van der Waals surface area contributed by atoms with Crippen LogP contribution < -0.4 is 0 Å². The Labute approximate surface area is 122 Å². The molecule has 1 aromatic carbocycles. The predicted octanol–water partition coefficient (Wildman–Crippen LogP) is 3.18. The molecule has 3 aromatic heterocycles. The Hall–Kier alpha value is -2.75. The third-order valence-electron chi connectivity index (χ3n) is 3.63. The summed E-state index contributed by atoms with van der Waals surface area (Å²) in [7, 11) is 0. The van der Waals surface area contributed by atoms with Gasteiger partial charge in [-0.15, -0.1) is 0 Å². The van der Waals surface area contributed by atoms with Crippen LogP contribution in [-0.2, 0) is 6.42 Å². The molecular weight excluding hydrogens is 260 g/mol. The van der Waals surface area contributed by atoms with E-state index in [4.69, 9.17) is 4.98 Å². The number of pyridine rings is 2. The Morgan fingerprint density at radius 2 is 2.00 bits per heavy atom. The van der Waals surface area contributed by atoms with E-state index in [1.165, 1.54) is 16.5 Å². The van der Waals surface area contributed by atoms with Crippen molar-refractivity contribution >= 4 is 16.6 Å². The van der Waals surface area contributed by atoms with Crippen LogP contribution in [0.2, 0.25) is 0 Å². The zero-order valence-electron chi connectivity index (χ0n) is 11.7. The van der Waals surface area contributed by atoms with Gasteiger partial charge in [-0.2, -0.15) is 5.10 Å². The highest BCUT2D eigenvalue weighted by Crippen LogP contribution is 2.16. The van der Waals surface area contributed by atoms with Gasteiger partial charge in [-0.3, -0.25) is 4.98 Å². The van der Waals surface area contributed by atoms with E-state index in [1.54, 1.807) is 10.8 Å². The number of aryl methyl sites for hydroxylation is 1. The van der Waals surface area contributed by atoms with Crippen molar-refractivity contribution in [2.24, 2.45) is 0 Å². The number of benzene rings is 1. The number of hydrogen-bond donors (Lipinski definition) is 0. The third-order valence-corrected chi connectivity index (χ3v) is 3.63. The lowest BCUT2D eigenvalue weighted by atomic mass is 10.1. The number of aromatic nitrogens is 4. The smallest absolute Gasteiger partial charge is 0.155 e. The van der Waals surface area contributed by atoms with Gasteiger partial charge in [0.2, 0.25) is 0 Å². The zero-order valence-corrected chi connectivity index (χ0v) is 11.7. The molecule has 4 aromatic rings. The lowest BCUT2D eigenvalue weighted by molar-refractivity contribution is 0.951. The first-order chi connectivity index (χ1) is 10.3. The number of fused-ring (bicyclic) bond motifs is 2. The van der Waals surface area contributed by atoms with Crippen LogP contribution in [0, 0.1) is 6.92 Å². The van der Waals surface area contributed by atoms with Gasteiger partial charge in [-0.25, -0.2) is 9.50 Å². The van der Waals surface area contributed by atoms with Crippen molar-refractivity contribution in [2.75, 3.05) is 0 Å². The van der Waals surface area contributed by atoms with Crippen molar-refractivity contribution in [3.8, 4) is 0 Å². The first kappa shape index (κ1) is 12.0. The lowest BCUT2D eigenvalue weighted by Gasteiger charge is -2.04. The van der Waals surface area contributed by atoms with E-state index < -0.39 is 0 Å². The fourth-order valence-corrected chi connectivity index (χ4v) is 2.56. The van der Waals surface area contributed by atoms with Gasteiger partial charge in [0.1, 0.15) is 6.33 Å². The molecule has 0 bridgehead atoms. The molecule has 102 valence electrons. The molecule has 21 heavy (non-hydrogen) atoms. The van der Waals surface area contributed by atoms with Crippen LogP contribution in [0.3, 0.4) is 0 Å². The standard InChI is InChI=1S/C17H14N4/c1-12-2-5-16-14(8-12)3-4-15(20-16)9-13-6-7-21-17(10-13)18-11-19-21/h2-8,10-11H,9H2,1H3. The molecule has 3 heterocycles. The zero-order chi connectivity index (χ0) is 14.2. The summed E-state index contributed by atoms with van der Waals surface area (Å²) in [4.78, 5) is 8.95. The van der Waals surface area contributed by atoms with Gasteiger partial charge in [0.25, 0.3) is 0 Å². The molecule has 0 atom stereocenters. The van der Waals surface area contributed by atoms with Crippen LogP contribution in [0.15, 0.2) is 55.0 Å². The Balaban J connectivity index is 1.71. The minimum Gasteiger partial charge on any atom is -0.252 e. The molecule has 0 radical (unpaired) electrons. The molecule has 0 saturated carbocycles. The quantitative estimate of drug-likeness (QED) is 0.564. The van der Waals surface area contributed by atoms with E-state index >= 15 is 0 Å². The number of nitrogens with zero attached hydrogens (tertiary/aromatic N) is 4. The van der Waals surface area contributed by atoms with Crippen molar-refractivity contribution in [3.05, 3.63) is 71.8 Å². The van der Waals surface area contributed by atoms with Gasteiger partial charge in [-0.05, 0) is 42.8 Å². The molecule has 4 nitrogen and oxygen atoms in total. The van der Waals surface area contributed by atoms with Gasteiger partial charge < -0.3 is 0 Å². The fourth-order valence-electron chi connectivity index (χ4n) is 2.56. The highest BCUT2D eigenvalue weighted by molar-refractivity contribution is 5.79. The van der Waals surface area contributed by atoms with E-state index in [9.17, 15) is 0 Å². The average molecular weight is 274 g/mol. The SMILES string of the molecule is Cc1ccc2nc(Cc3ccn4ncnc4c3)ccc2c1. The maximum atomic E-state index is 4.74. The maximum Gasteiger partial charge on any atom is 0.155 e. The van der Waals surface area contributed by atoms with Gasteiger partial charge >= 0.3 is 0 Å². The second kappa shape index (κ2) is 4.66. The number of rotatable bonds is 2. The second-order valence-corrected chi connectivity index (χ2v) is 5.27. The normalized spacial score (nSPS) is 11.3. The Morgan fingerprint density at radius 1 is 1.05 bits per heavy atom. The summed E-state index contributed by atoms with van der Waals surface area (Å²) in [5, 5.41) is 5.29. The molecule has 0 saturated heterocycles. The second-order valence-electron chi connectivity index (χ2n) is 5.27. The highest BCUT2D eigenvalue weighted by Gasteiger charge is 2.03. The predicted molar refractivity (Wildman–Crippen MR) is 82.3 cm³/mol. The van der Waals surface area contributed by atoms with Gasteiger partial charge in [0, 0.05) is 23.7 Å². The summed E-state index contributed by atoms with van der Waals surface area (Å²) in [6.45, 7) is 2.10. The molecule has 0 aliphatic heterocycles. The minimum absolute atomic E-state index is 0.799. The van der Waals surface area contributed by atoms with Crippen LogP contribution in [0.25, 0.3) is 16.6 Å². The van der Waals surface area contributed by atoms with E-state index in [0.29, 0.717) is 0 Å². The van der Waals surface area contributed by atoms with Crippen LogP contribution >= 0.6 is 0 Å². The summed E-state index contributed by atoms with van der Waals surface area (Å²) in [6, 6.07) is 14.7. The summed E-state index contributed by atoms with van der Waals surface area (Å²) in [5.74, 6) is 0. The van der Waals surface area contributed by atoms with Crippen molar-refractivity contribution < 1.29 is 0 Å². The molecule has 4 heteroatoms. The largest absolute Gasteiger partial charge is 0.252 e. The van der Waals surface area contributed by atoms with Crippen LogP contribution in [-0.4, -0.2) is 19.6 Å². The molecule has 0 unspecified atom stereocenters. The van der Waals surface area contributed by atoms with E-state index in [0.717, 1.165) is 23.3 Å². The van der Waals surface area contributed by atoms with Gasteiger partial charge in [-0.1, -0.05) is 17.7 Å². The van der Waals surface area contributed by atoms with Crippen LogP contribution in [0.1, 0.15) is 16.8 Å². The summed E-state index contributed by atoms with van der Waals surface area (Å²) in [6.07, 6.45) is 4.30. The van der Waals surface area contributed by atoms with Crippen LogP contribution in [0.5, 0.6) is 0 Å². The Bertz CT molecular complexity index is 940. The first-order valence-electron chi connectivity index (χ1n) is 6.92. The van der Waals surface area contributed by atoms with E-state index in [-0.39, 0.29) is 0 Å². The van der Waals surface area contributed by atoms with Crippen LogP contribution in [0.4, 0.5) is 0 Å². The summed E-state index contributed by atoms with van der Waals surface area (Å²) in [5.41, 5.74) is 5.42. The summed E-state index contributed by atoms with van der Waals surface area (Å²) < 4.78 is 1.76. The summed E-state index contributed by atoms with van der Waals surface area (Å²) >= 11 is 0. The molecular formula is C17H14N4. The third kappa shape index (κ3) is 2.25. The molecule has 0 N–H and O–H groups in total. The average Bonchev–Trinajstić information content (AvgIpc) is 2.95. The first-order valence-corrected chi connectivity index (χ1v) is 6.92. The molecule has 4 rings (SSSR count). The van der Waals surface area contributed by atoms with E-state index in [1.807, 2.05) is 12.3 Å². The molecule has 0 amide bonds. The Kier molecular flexibility index (Phi) is 2.67. The number of hydrogen-bond acceptors (Lipinski definition) is 3. The monoisotopic (exact) mass is 274 g/mol. The van der Waals surface area contributed by atoms with Crippen molar-refractivity contribution in [1.82, 2.24) is 19.6 Å². The topological polar surface area (TPSA) is 43.1 Å². The Morgan fingerprint density at radius 3 is 2.95 bits per heavy atom. The molecule has 0 aliphatic carbocycles. The van der Waals surface area contributed by atoms with Crippen molar-refractivity contribution in [1.29, 1.82) is 0 Å².